The molecule has 85 heavy (non-hydrogen) atoms. The molecule has 0 bridgehead atoms. The lowest BCUT2D eigenvalue weighted by Gasteiger charge is -2.33. The molecule has 2 aliphatic carbocycles. The number of oxazole rings is 2. The normalized spacial score (nSPS) is 12.6. The molecule has 2 aromatic heterocycles. The topological polar surface area (TPSA) is 58.5 Å². The second kappa shape index (κ2) is 19.7. The Hall–Kier alpha value is -10.8. The lowest BCUT2D eigenvalue weighted by Crippen LogP contribution is -2.27. The van der Waals surface area contributed by atoms with E-state index in [1.165, 1.54) is 22.3 Å². The van der Waals surface area contributed by atoms with E-state index < -0.39 is 5.41 Å². The van der Waals surface area contributed by atoms with Gasteiger partial charge in [-0.3, -0.25) is 0 Å². The van der Waals surface area contributed by atoms with Gasteiger partial charge >= 0.3 is 0 Å². The summed E-state index contributed by atoms with van der Waals surface area (Å²) in [6, 6.07) is 95.9. The number of rotatable bonds is 10. The third-order valence-corrected chi connectivity index (χ3v) is 17.7. The van der Waals surface area contributed by atoms with Gasteiger partial charge in [0.1, 0.15) is 11.0 Å². The highest BCUT2D eigenvalue weighted by atomic mass is 16.4. The quantitative estimate of drug-likeness (QED) is 0.136. The van der Waals surface area contributed by atoms with Crippen LogP contribution in [-0.4, -0.2) is 9.97 Å². The Morgan fingerprint density at radius 1 is 0.294 bits per heavy atom. The minimum absolute atomic E-state index is 0.550. The van der Waals surface area contributed by atoms with E-state index >= 15 is 0 Å². The van der Waals surface area contributed by atoms with Crippen molar-refractivity contribution < 1.29 is 8.83 Å². The number of aromatic nitrogens is 2. The van der Waals surface area contributed by atoms with Gasteiger partial charge in [-0.05, 0) is 143 Å². The maximum absolute atomic E-state index is 7.72. The number of anilines is 6. The lowest BCUT2D eigenvalue weighted by molar-refractivity contribution is 0.615. The molecule has 16 rings (SSSR count). The van der Waals surface area contributed by atoms with Crippen LogP contribution in [0.5, 0.6) is 0 Å². The standard InChI is InChI=1S/C79H56N4O2/c1-49-27-25-28-50(2)69(49)77-80-73-67(82(55-35-13-7-14-36-55)65-45-23-19-39-57(65)53-31-9-5-10-32-53)47-63-71(75(73)84-77)72-64(79(63)61-43-21-17-41-59(61)60-42-18-22-44-62(60)79)48-68(74-76(72)85-78(81-74)70-51(3)29-26-30-52(70)4)83(56-37-15-8-16-38-56)66-46-24-20-40-58(66)54-33-11-6-12-34-54/h5-48H,1-4H3. The highest BCUT2D eigenvalue weighted by molar-refractivity contribution is 6.16. The molecule has 0 atom stereocenters. The van der Waals surface area contributed by atoms with Gasteiger partial charge in [-0.2, -0.15) is 0 Å². The fourth-order valence-electron chi connectivity index (χ4n) is 14.1. The third kappa shape index (κ3) is 7.58. The molecule has 2 aliphatic rings. The molecule has 0 saturated heterocycles. The number of benzene rings is 12. The molecule has 12 aromatic carbocycles. The summed E-state index contributed by atoms with van der Waals surface area (Å²) in [5, 5.41) is 0. The van der Waals surface area contributed by atoms with Crippen LogP contribution in [0.3, 0.4) is 0 Å². The summed E-state index contributed by atoms with van der Waals surface area (Å²) in [5.41, 5.74) is 26.8. The first kappa shape index (κ1) is 50.0. The second-order valence-electron chi connectivity index (χ2n) is 22.5. The Labute approximate surface area is 494 Å². The molecule has 0 radical (unpaired) electrons. The van der Waals surface area contributed by atoms with Gasteiger partial charge in [0, 0.05) is 44.8 Å². The van der Waals surface area contributed by atoms with Crippen molar-refractivity contribution in [1.82, 2.24) is 9.97 Å². The van der Waals surface area contributed by atoms with E-state index in [1.807, 2.05) is 0 Å². The van der Waals surface area contributed by atoms with E-state index in [2.05, 4.69) is 304 Å². The van der Waals surface area contributed by atoms with Crippen LogP contribution < -0.4 is 9.80 Å². The molecule has 1 spiro atoms. The molecule has 0 saturated carbocycles. The molecule has 0 amide bonds. The highest BCUT2D eigenvalue weighted by Gasteiger charge is 2.55. The third-order valence-electron chi connectivity index (χ3n) is 17.7. The van der Waals surface area contributed by atoms with Gasteiger partial charge in [-0.1, -0.05) is 218 Å². The molecule has 0 N–H and O–H groups in total. The first-order valence-electron chi connectivity index (χ1n) is 29.1. The Kier molecular flexibility index (Phi) is 11.6. The maximum atomic E-state index is 7.72. The number of fused-ring (bicyclic) bond motifs is 14. The number of aryl methyl sites for hydroxylation is 4. The Morgan fingerprint density at radius 3 is 1.01 bits per heavy atom. The van der Waals surface area contributed by atoms with E-state index in [-0.39, 0.29) is 0 Å². The molecule has 0 fully saturated rings. The summed E-state index contributed by atoms with van der Waals surface area (Å²) >= 11 is 0. The number of para-hydroxylation sites is 4. The number of hydrogen-bond donors (Lipinski definition) is 0. The molecule has 0 unspecified atom stereocenters. The SMILES string of the molecule is Cc1cccc(C)c1-c1nc2c(N(c3ccccc3)c3ccccc3-c3ccccc3)cc3c(c2o1)-c1c(cc(N(c2ccccc2)c2ccccc2-c2ccccc2)c2nc(-c4c(C)cccc4C)oc12)C31c2ccccc2-c2ccccc21. The van der Waals surface area contributed by atoms with Crippen LogP contribution in [0.15, 0.2) is 276 Å². The van der Waals surface area contributed by atoms with Gasteiger partial charge in [0.25, 0.3) is 0 Å². The van der Waals surface area contributed by atoms with Gasteiger partial charge in [0.15, 0.2) is 11.2 Å². The average molecular weight is 1090 g/mol. The Bertz CT molecular complexity index is 4590. The van der Waals surface area contributed by atoms with Crippen molar-refractivity contribution in [3.63, 3.8) is 0 Å². The summed E-state index contributed by atoms with van der Waals surface area (Å²) in [7, 11) is 0. The highest BCUT2D eigenvalue weighted by Crippen LogP contribution is 2.67. The van der Waals surface area contributed by atoms with Crippen LogP contribution in [0, 0.1) is 27.7 Å². The van der Waals surface area contributed by atoms with Gasteiger partial charge in [0.2, 0.25) is 11.8 Å². The van der Waals surface area contributed by atoms with Crippen LogP contribution in [0.1, 0.15) is 44.5 Å². The van der Waals surface area contributed by atoms with Crippen LogP contribution in [0.2, 0.25) is 0 Å². The van der Waals surface area contributed by atoms with Crippen LogP contribution in [0.4, 0.5) is 34.1 Å². The van der Waals surface area contributed by atoms with Gasteiger partial charge < -0.3 is 18.6 Å². The molecule has 6 nitrogen and oxygen atoms in total. The summed E-state index contributed by atoms with van der Waals surface area (Å²) in [4.78, 5) is 16.4. The zero-order valence-electron chi connectivity index (χ0n) is 47.5. The van der Waals surface area contributed by atoms with Crippen molar-refractivity contribution in [2.24, 2.45) is 0 Å². The van der Waals surface area contributed by atoms with E-state index in [4.69, 9.17) is 18.8 Å². The van der Waals surface area contributed by atoms with Crippen LogP contribution >= 0.6 is 0 Å². The first-order valence-corrected chi connectivity index (χ1v) is 29.1. The van der Waals surface area contributed by atoms with Crippen molar-refractivity contribution in [3.05, 3.63) is 311 Å². The minimum Gasteiger partial charge on any atom is -0.435 e. The number of hydrogen-bond acceptors (Lipinski definition) is 6. The largest absolute Gasteiger partial charge is 0.435 e. The van der Waals surface area contributed by atoms with Crippen molar-refractivity contribution >= 4 is 56.3 Å². The van der Waals surface area contributed by atoms with Gasteiger partial charge in [0.05, 0.1) is 28.2 Å². The second-order valence-corrected chi connectivity index (χ2v) is 22.5. The van der Waals surface area contributed by atoms with E-state index in [0.717, 1.165) is 123 Å². The van der Waals surface area contributed by atoms with Crippen molar-refractivity contribution in [3.8, 4) is 67.4 Å². The Morgan fingerprint density at radius 2 is 0.624 bits per heavy atom. The van der Waals surface area contributed by atoms with Crippen LogP contribution in [0.25, 0.3) is 89.6 Å². The summed E-state index contributed by atoms with van der Waals surface area (Å²) in [5.74, 6) is 1.10. The van der Waals surface area contributed by atoms with Gasteiger partial charge in [-0.15, -0.1) is 0 Å². The predicted octanol–water partition coefficient (Wildman–Crippen LogP) is 21.2. The molecule has 6 heteroatoms. The van der Waals surface area contributed by atoms with Gasteiger partial charge in [-0.25, -0.2) is 9.97 Å². The number of nitrogens with zero attached hydrogens (tertiary/aromatic N) is 4. The molecule has 14 aromatic rings. The zero-order chi connectivity index (χ0) is 56.9. The van der Waals surface area contributed by atoms with Crippen molar-refractivity contribution in [1.29, 1.82) is 0 Å². The monoisotopic (exact) mass is 1090 g/mol. The molecular weight excluding hydrogens is 1040 g/mol. The van der Waals surface area contributed by atoms with Crippen LogP contribution in [-0.2, 0) is 5.41 Å². The molecule has 0 aliphatic heterocycles. The molecule has 404 valence electrons. The van der Waals surface area contributed by atoms with Crippen molar-refractivity contribution in [2.75, 3.05) is 9.80 Å². The summed E-state index contributed by atoms with van der Waals surface area (Å²) in [6.07, 6.45) is 0. The fourth-order valence-corrected chi connectivity index (χ4v) is 14.1. The van der Waals surface area contributed by atoms with E-state index in [9.17, 15) is 0 Å². The fraction of sp³-hybridized carbons (Fsp3) is 0.0633. The summed E-state index contributed by atoms with van der Waals surface area (Å²) in [6.45, 7) is 8.59. The average Bonchev–Trinajstić information content (AvgIpc) is 1.50. The zero-order valence-corrected chi connectivity index (χ0v) is 47.5. The van der Waals surface area contributed by atoms with E-state index in [1.54, 1.807) is 0 Å². The molecule has 2 heterocycles. The minimum atomic E-state index is -0.941. The maximum Gasteiger partial charge on any atom is 0.227 e. The Balaban J connectivity index is 1.12. The smallest absolute Gasteiger partial charge is 0.227 e. The first-order chi connectivity index (χ1) is 41.9. The summed E-state index contributed by atoms with van der Waals surface area (Å²) < 4.78 is 15.4. The molecular formula is C79H56N4O2. The van der Waals surface area contributed by atoms with E-state index in [0.29, 0.717) is 22.9 Å². The predicted molar refractivity (Wildman–Crippen MR) is 348 cm³/mol. The van der Waals surface area contributed by atoms with Crippen molar-refractivity contribution in [2.45, 2.75) is 33.1 Å². The lowest BCUT2D eigenvalue weighted by atomic mass is 9.70.